The lowest BCUT2D eigenvalue weighted by molar-refractivity contribution is 0.194. The molecule has 2 heterocycles. The van der Waals surface area contributed by atoms with Crippen LogP contribution in [0, 0.1) is 0 Å². The van der Waals surface area contributed by atoms with Crippen molar-refractivity contribution < 1.29 is 18.4 Å². The van der Waals surface area contributed by atoms with Gasteiger partial charge in [0.1, 0.15) is 23.9 Å². The van der Waals surface area contributed by atoms with Gasteiger partial charge in [-0.25, -0.2) is 0 Å². The molecule has 0 spiro atoms. The molecule has 1 aliphatic heterocycles. The summed E-state index contributed by atoms with van der Waals surface area (Å²) in [7, 11) is 1.68. The first kappa shape index (κ1) is 28.6. The Hall–Kier alpha value is -3.49. The number of piperidine rings is 1. The molecule has 1 saturated heterocycles. The predicted molar refractivity (Wildman–Crippen MR) is 173 cm³/mol. The Morgan fingerprint density at radius 2 is 1.52 bits per heavy atom. The number of hydrogen-bond donors (Lipinski definition) is 0. The number of rotatable bonds is 12. The summed E-state index contributed by atoms with van der Waals surface area (Å²) < 4.78 is 25.1. The fourth-order valence-electron chi connectivity index (χ4n) is 5.06. The maximum Gasteiger partial charge on any atom is 0.153 e. The molecular weight excluding hydrogens is 563 g/mol. The van der Waals surface area contributed by atoms with E-state index in [1.54, 1.807) is 18.4 Å². The van der Waals surface area contributed by atoms with E-state index in [4.69, 9.17) is 18.4 Å². The normalized spacial score (nSPS) is 13.7. The van der Waals surface area contributed by atoms with Crippen molar-refractivity contribution in [2.45, 2.75) is 30.8 Å². The van der Waals surface area contributed by atoms with Gasteiger partial charge in [-0.3, -0.25) is 0 Å². The predicted octanol–water partition coefficient (Wildman–Crippen LogP) is 9.46. The summed E-state index contributed by atoms with van der Waals surface area (Å²) >= 11 is 3.13. The Bertz CT molecular complexity index is 1560. The molecule has 0 atom stereocenters. The molecule has 0 radical (unpaired) electrons. The Balaban J connectivity index is 1.18. The number of ether oxygens (including phenoxy) is 3. The van der Waals surface area contributed by atoms with Crippen LogP contribution in [0.1, 0.15) is 24.8 Å². The zero-order valence-electron chi connectivity index (χ0n) is 23.8. The van der Waals surface area contributed by atoms with Crippen LogP contribution >= 0.6 is 23.4 Å². The second kappa shape index (κ2) is 14.1. The summed E-state index contributed by atoms with van der Waals surface area (Å²) in [6.45, 7) is 4.63. The number of likely N-dealkylation sites (tertiary alicyclic amines) is 1. The molecule has 0 aliphatic carbocycles. The van der Waals surface area contributed by atoms with Crippen LogP contribution in [0.3, 0.4) is 0 Å². The van der Waals surface area contributed by atoms with Crippen molar-refractivity contribution in [3.05, 3.63) is 103 Å². The summed E-state index contributed by atoms with van der Waals surface area (Å²) in [6.07, 6.45) is 3.96. The van der Waals surface area contributed by atoms with Gasteiger partial charge in [0.05, 0.1) is 18.6 Å². The molecule has 7 heteroatoms. The topological polar surface area (TPSA) is 40.2 Å². The van der Waals surface area contributed by atoms with Crippen LogP contribution in [0.25, 0.3) is 20.5 Å². The van der Waals surface area contributed by atoms with Gasteiger partial charge in [-0.15, -0.1) is 11.3 Å². The van der Waals surface area contributed by atoms with Crippen molar-refractivity contribution in [1.82, 2.24) is 4.90 Å². The lowest BCUT2D eigenvalue weighted by atomic mass is 10.1. The fourth-order valence-corrected chi connectivity index (χ4v) is 6.76. The van der Waals surface area contributed by atoms with Gasteiger partial charge in [-0.05, 0) is 104 Å². The zero-order chi connectivity index (χ0) is 28.6. The second-order valence-corrected chi connectivity index (χ2v) is 12.2. The minimum atomic E-state index is 0.527. The number of benzene rings is 4. The van der Waals surface area contributed by atoms with Gasteiger partial charge in [0.2, 0.25) is 0 Å². The van der Waals surface area contributed by atoms with Crippen LogP contribution in [0.15, 0.2) is 102 Å². The molecule has 4 aromatic carbocycles. The molecule has 1 fully saturated rings. The third kappa shape index (κ3) is 7.28. The van der Waals surface area contributed by atoms with Crippen molar-refractivity contribution in [2.75, 3.05) is 33.4 Å². The quantitative estimate of drug-likeness (QED) is 0.105. The second-order valence-electron chi connectivity index (χ2n) is 10.3. The van der Waals surface area contributed by atoms with E-state index >= 15 is 0 Å². The Kier molecular flexibility index (Phi) is 9.62. The van der Waals surface area contributed by atoms with E-state index in [9.17, 15) is 0 Å². The van der Waals surface area contributed by atoms with Crippen LogP contribution in [0.2, 0.25) is 0 Å². The standard InChI is InChI=1S/C35H35NO4S2/c1-37-28-12-10-27(11-13-28)35-34(32-19-16-30(24-33(32)41-35)38-25-26-8-4-2-5-9-26)40-29-14-17-31(18-15-29)42-39-23-22-36-20-6-3-7-21-36/h2,4-5,8-19,24H,3,6-7,20-23,25H2,1H3. The molecule has 5 nitrogen and oxygen atoms in total. The zero-order valence-corrected chi connectivity index (χ0v) is 25.4. The SMILES string of the molecule is COc1ccc(-c2sc3cc(OCc4ccccc4)ccc3c2Oc2ccc(SOCCN3CCCCC3)cc2)cc1. The molecule has 5 aromatic rings. The first-order valence-corrected chi connectivity index (χ1v) is 16.0. The summed E-state index contributed by atoms with van der Waals surface area (Å²) in [5, 5.41) is 1.05. The third-order valence-corrected chi connectivity index (χ3v) is 9.29. The van der Waals surface area contributed by atoms with E-state index in [1.165, 1.54) is 44.4 Å². The van der Waals surface area contributed by atoms with Crippen molar-refractivity contribution in [2.24, 2.45) is 0 Å². The summed E-state index contributed by atoms with van der Waals surface area (Å²) in [5.41, 5.74) is 2.22. The highest BCUT2D eigenvalue weighted by Crippen LogP contribution is 2.47. The van der Waals surface area contributed by atoms with Crippen LogP contribution in [0.4, 0.5) is 0 Å². The fraction of sp³-hybridized carbons (Fsp3) is 0.257. The molecule has 6 rings (SSSR count). The van der Waals surface area contributed by atoms with Gasteiger partial charge in [-0.2, -0.15) is 0 Å². The van der Waals surface area contributed by atoms with Crippen LogP contribution < -0.4 is 14.2 Å². The number of thiophene rings is 1. The Labute approximate surface area is 256 Å². The van der Waals surface area contributed by atoms with Gasteiger partial charge in [0, 0.05) is 33.6 Å². The Morgan fingerprint density at radius 1 is 0.786 bits per heavy atom. The highest BCUT2D eigenvalue weighted by molar-refractivity contribution is 7.94. The number of hydrogen-bond acceptors (Lipinski definition) is 7. The molecule has 0 saturated carbocycles. The summed E-state index contributed by atoms with van der Waals surface area (Å²) in [5.74, 6) is 3.28. The minimum absolute atomic E-state index is 0.527. The molecule has 1 aromatic heterocycles. The molecular formula is C35H35NO4S2. The number of methoxy groups -OCH3 is 1. The largest absolute Gasteiger partial charge is 0.497 e. The van der Waals surface area contributed by atoms with Gasteiger partial charge < -0.3 is 23.3 Å². The summed E-state index contributed by atoms with van der Waals surface area (Å²) in [4.78, 5) is 4.62. The maximum atomic E-state index is 6.58. The highest BCUT2D eigenvalue weighted by Gasteiger charge is 2.18. The highest BCUT2D eigenvalue weighted by atomic mass is 32.2. The average molecular weight is 598 g/mol. The lowest BCUT2D eigenvalue weighted by Gasteiger charge is -2.25. The van der Waals surface area contributed by atoms with Gasteiger partial charge in [-0.1, -0.05) is 36.8 Å². The van der Waals surface area contributed by atoms with E-state index < -0.39 is 0 Å². The number of nitrogens with zero attached hydrogens (tertiary/aromatic N) is 1. The molecule has 0 N–H and O–H groups in total. The van der Waals surface area contributed by atoms with Crippen molar-refractivity contribution in [3.8, 4) is 33.4 Å². The van der Waals surface area contributed by atoms with Crippen LogP contribution in [0.5, 0.6) is 23.0 Å². The van der Waals surface area contributed by atoms with Gasteiger partial charge >= 0.3 is 0 Å². The van der Waals surface area contributed by atoms with Crippen molar-refractivity contribution in [1.29, 1.82) is 0 Å². The van der Waals surface area contributed by atoms with E-state index in [-0.39, 0.29) is 0 Å². The van der Waals surface area contributed by atoms with E-state index in [0.717, 1.165) is 67.1 Å². The van der Waals surface area contributed by atoms with Gasteiger partial charge in [0.15, 0.2) is 5.75 Å². The van der Waals surface area contributed by atoms with E-state index in [0.29, 0.717) is 6.61 Å². The lowest BCUT2D eigenvalue weighted by Crippen LogP contribution is -2.32. The monoisotopic (exact) mass is 597 g/mol. The van der Waals surface area contributed by atoms with Crippen molar-refractivity contribution in [3.63, 3.8) is 0 Å². The molecule has 216 valence electrons. The van der Waals surface area contributed by atoms with Crippen LogP contribution in [-0.4, -0.2) is 38.3 Å². The molecule has 1 aliphatic rings. The maximum absolute atomic E-state index is 6.58. The first-order valence-electron chi connectivity index (χ1n) is 14.4. The average Bonchev–Trinajstić information content (AvgIpc) is 3.41. The number of fused-ring (bicyclic) bond motifs is 1. The third-order valence-electron chi connectivity index (χ3n) is 7.35. The van der Waals surface area contributed by atoms with E-state index in [2.05, 4.69) is 53.4 Å². The van der Waals surface area contributed by atoms with Gasteiger partial charge in [0.25, 0.3) is 0 Å². The Morgan fingerprint density at radius 3 is 2.29 bits per heavy atom. The summed E-state index contributed by atoms with van der Waals surface area (Å²) in [6, 6.07) is 32.7. The molecule has 0 unspecified atom stereocenters. The first-order chi connectivity index (χ1) is 20.7. The molecule has 42 heavy (non-hydrogen) atoms. The van der Waals surface area contributed by atoms with Crippen LogP contribution in [-0.2, 0) is 10.8 Å². The van der Waals surface area contributed by atoms with Crippen molar-refractivity contribution >= 4 is 33.5 Å². The molecule has 0 bridgehead atoms. The van der Waals surface area contributed by atoms with E-state index in [1.807, 2.05) is 48.5 Å². The smallest absolute Gasteiger partial charge is 0.153 e. The molecule has 0 amide bonds. The minimum Gasteiger partial charge on any atom is -0.497 e.